The molecule has 0 aliphatic rings. The quantitative estimate of drug-likeness (QED) is 0.891. The van der Waals surface area contributed by atoms with Crippen LogP contribution in [-0.2, 0) is 0 Å². The Morgan fingerprint density at radius 2 is 1.94 bits per heavy atom. The van der Waals surface area contributed by atoms with E-state index in [4.69, 9.17) is 11.0 Å². The minimum absolute atomic E-state index is 0.0562. The standard InChI is InChI=1S/C15H23N3/c1-11(17)14(15(2,3)4)18(5)13-8-6-7-12(9-13)10-16/h6-9,11,14H,17H2,1-5H3. The summed E-state index contributed by atoms with van der Waals surface area (Å²) in [6.45, 7) is 8.59. The number of hydrogen-bond donors (Lipinski definition) is 1. The molecule has 98 valence electrons. The first-order chi connectivity index (χ1) is 8.27. The summed E-state index contributed by atoms with van der Waals surface area (Å²) >= 11 is 0. The van der Waals surface area contributed by atoms with Crippen LogP contribution in [0.5, 0.6) is 0 Å². The van der Waals surface area contributed by atoms with E-state index in [-0.39, 0.29) is 17.5 Å². The van der Waals surface area contributed by atoms with Gasteiger partial charge in [-0.3, -0.25) is 0 Å². The van der Waals surface area contributed by atoms with Gasteiger partial charge < -0.3 is 10.6 Å². The summed E-state index contributed by atoms with van der Waals surface area (Å²) in [5.41, 5.74) is 7.91. The average Bonchev–Trinajstić information content (AvgIpc) is 2.26. The van der Waals surface area contributed by atoms with E-state index in [0.29, 0.717) is 5.56 Å². The summed E-state index contributed by atoms with van der Waals surface area (Å²) in [6.07, 6.45) is 0. The van der Waals surface area contributed by atoms with E-state index in [1.807, 2.05) is 38.2 Å². The molecule has 0 aliphatic carbocycles. The highest BCUT2D eigenvalue weighted by molar-refractivity contribution is 5.52. The fourth-order valence-electron chi connectivity index (χ4n) is 2.68. The molecule has 2 unspecified atom stereocenters. The van der Waals surface area contributed by atoms with Gasteiger partial charge in [0.15, 0.2) is 0 Å². The Morgan fingerprint density at radius 3 is 2.39 bits per heavy atom. The number of benzene rings is 1. The van der Waals surface area contributed by atoms with Crippen molar-refractivity contribution in [2.75, 3.05) is 11.9 Å². The van der Waals surface area contributed by atoms with Gasteiger partial charge in [-0.15, -0.1) is 0 Å². The number of likely N-dealkylation sites (N-methyl/N-ethyl adjacent to an activating group) is 1. The molecule has 0 spiro atoms. The highest BCUT2D eigenvalue weighted by Gasteiger charge is 2.31. The summed E-state index contributed by atoms with van der Waals surface area (Å²) in [6, 6.07) is 10.1. The molecule has 1 rings (SSSR count). The molecule has 0 fully saturated rings. The maximum Gasteiger partial charge on any atom is 0.0992 e. The van der Waals surface area contributed by atoms with Gasteiger partial charge in [-0.25, -0.2) is 0 Å². The molecular weight excluding hydrogens is 222 g/mol. The molecule has 3 nitrogen and oxygen atoms in total. The zero-order valence-electron chi connectivity index (χ0n) is 11.9. The van der Waals surface area contributed by atoms with E-state index in [2.05, 4.69) is 31.7 Å². The van der Waals surface area contributed by atoms with Gasteiger partial charge in [0.2, 0.25) is 0 Å². The third kappa shape index (κ3) is 3.24. The molecule has 1 aromatic carbocycles. The average molecular weight is 245 g/mol. The predicted octanol–water partition coefficient (Wildman–Crippen LogP) is 2.76. The third-order valence-electron chi connectivity index (χ3n) is 3.19. The molecule has 0 radical (unpaired) electrons. The van der Waals surface area contributed by atoms with Crippen LogP contribution in [0.4, 0.5) is 5.69 Å². The second-order valence-electron chi connectivity index (χ2n) is 5.94. The van der Waals surface area contributed by atoms with Crippen molar-refractivity contribution in [3.63, 3.8) is 0 Å². The SMILES string of the molecule is CC(N)C(N(C)c1cccc(C#N)c1)C(C)(C)C. The first-order valence-corrected chi connectivity index (χ1v) is 6.26. The zero-order valence-corrected chi connectivity index (χ0v) is 11.9. The minimum Gasteiger partial charge on any atom is -0.369 e. The van der Waals surface area contributed by atoms with Crippen molar-refractivity contribution in [1.29, 1.82) is 5.26 Å². The Balaban J connectivity index is 3.10. The molecule has 1 aromatic rings. The molecule has 2 N–H and O–H groups in total. The molecule has 3 heteroatoms. The number of nitrogens with zero attached hydrogens (tertiary/aromatic N) is 2. The van der Waals surface area contributed by atoms with Gasteiger partial charge in [0.25, 0.3) is 0 Å². The molecule has 0 aliphatic heterocycles. The van der Waals surface area contributed by atoms with E-state index in [1.165, 1.54) is 0 Å². The number of anilines is 1. The number of nitriles is 1. The predicted molar refractivity (Wildman–Crippen MR) is 76.5 cm³/mol. The summed E-state index contributed by atoms with van der Waals surface area (Å²) in [5.74, 6) is 0. The Hall–Kier alpha value is -1.53. The lowest BCUT2D eigenvalue weighted by Crippen LogP contribution is -2.52. The molecule has 2 atom stereocenters. The first-order valence-electron chi connectivity index (χ1n) is 6.26. The molecule has 0 saturated carbocycles. The lowest BCUT2D eigenvalue weighted by Gasteiger charge is -2.42. The van der Waals surface area contributed by atoms with Crippen molar-refractivity contribution in [3.05, 3.63) is 29.8 Å². The van der Waals surface area contributed by atoms with Crippen molar-refractivity contribution in [3.8, 4) is 6.07 Å². The van der Waals surface area contributed by atoms with Crippen molar-refractivity contribution < 1.29 is 0 Å². The smallest absolute Gasteiger partial charge is 0.0992 e. The lowest BCUT2D eigenvalue weighted by atomic mass is 9.82. The maximum absolute atomic E-state index is 8.96. The topological polar surface area (TPSA) is 53.0 Å². The van der Waals surface area contributed by atoms with Gasteiger partial charge in [0.1, 0.15) is 0 Å². The van der Waals surface area contributed by atoms with Gasteiger partial charge in [0, 0.05) is 24.8 Å². The van der Waals surface area contributed by atoms with Gasteiger partial charge in [-0.1, -0.05) is 26.8 Å². The second-order valence-corrected chi connectivity index (χ2v) is 5.94. The Morgan fingerprint density at radius 1 is 1.33 bits per heavy atom. The number of hydrogen-bond acceptors (Lipinski definition) is 3. The number of rotatable bonds is 3. The third-order valence-corrected chi connectivity index (χ3v) is 3.19. The second kappa shape index (κ2) is 5.41. The van der Waals surface area contributed by atoms with Crippen LogP contribution in [0.3, 0.4) is 0 Å². The normalized spacial score (nSPS) is 14.7. The minimum atomic E-state index is 0.0562. The molecule has 0 heterocycles. The Bertz CT molecular complexity index is 438. The summed E-state index contributed by atoms with van der Waals surface area (Å²) in [4.78, 5) is 2.17. The lowest BCUT2D eigenvalue weighted by molar-refractivity contribution is 0.280. The molecule has 18 heavy (non-hydrogen) atoms. The van der Waals surface area contributed by atoms with Crippen LogP contribution in [0.2, 0.25) is 0 Å². The van der Waals surface area contributed by atoms with Crippen molar-refractivity contribution >= 4 is 5.69 Å². The number of nitrogens with two attached hydrogens (primary N) is 1. The van der Waals surface area contributed by atoms with E-state index < -0.39 is 0 Å². The van der Waals surface area contributed by atoms with Crippen LogP contribution in [0.25, 0.3) is 0 Å². The molecule has 0 amide bonds. The maximum atomic E-state index is 8.96. The largest absolute Gasteiger partial charge is 0.369 e. The van der Waals surface area contributed by atoms with E-state index >= 15 is 0 Å². The van der Waals surface area contributed by atoms with E-state index in [9.17, 15) is 0 Å². The molecule has 0 saturated heterocycles. The van der Waals surface area contributed by atoms with Crippen LogP contribution < -0.4 is 10.6 Å². The van der Waals surface area contributed by atoms with Crippen molar-refractivity contribution in [1.82, 2.24) is 0 Å². The van der Waals surface area contributed by atoms with E-state index in [0.717, 1.165) is 5.69 Å². The Kier molecular flexibility index (Phi) is 4.37. The van der Waals surface area contributed by atoms with Crippen LogP contribution >= 0.6 is 0 Å². The van der Waals surface area contributed by atoms with Gasteiger partial charge >= 0.3 is 0 Å². The van der Waals surface area contributed by atoms with Gasteiger partial charge in [-0.2, -0.15) is 5.26 Å². The molecule has 0 bridgehead atoms. The Labute approximate surface area is 110 Å². The highest BCUT2D eigenvalue weighted by Crippen LogP contribution is 2.29. The highest BCUT2D eigenvalue weighted by atomic mass is 15.2. The first kappa shape index (κ1) is 14.5. The monoisotopic (exact) mass is 245 g/mol. The van der Waals surface area contributed by atoms with Crippen LogP contribution in [0.1, 0.15) is 33.3 Å². The van der Waals surface area contributed by atoms with Crippen LogP contribution in [0.15, 0.2) is 24.3 Å². The molecular formula is C15H23N3. The van der Waals surface area contributed by atoms with E-state index in [1.54, 1.807) is 0 Å². The fraction of sp³-hybridized carbons (Fsp3) is 0.533. The van der Waals surface area contributed by atoms with Crippen molar-refractivity contribution in [2.45, 2.75) is 39.8 Å². The van der Waals surface area contributed by atoms with Crippen molar-refractivity contribution in [2.24, 2.45) is 11.1 Å². The molecule has 0 aromatic heterocycles. The summed E-state index contributed by atoms with van der Waals surface area (Å²) < 4.78 is 0. The van der Waals surface area contributed by atoms with Crippen LogP contribution in [-0.4, -0.2) is 19.1 Å². The summed E-state index contributed by atoms with van der Waals surface area (Å²) in [7, 11) is 2.04. The zero-order chi connectivity index (χ0) is 13.9. The van der Waals surface area contributed by atoms with Crippen LogP contribution in [0, 0.1) is 16.7 Å². The summed E-state index contributed by atoms with van der Waals surface area (Å²) in [5, 5.41) is 8.96. The fourth-order valence-corrected chi connectivity index (χ4v) is 2.68. The van der Waals surface area contributed by atoms with Gasteiger partial charge in [-0.05, 0) is 30.5 Å². The van der Waals surface area contributed by atoms with Gasteiger partial charge in [0.05, 0.1) is 11.6 Å².